The predicted octanol–water partition coefficient (Wildman–Crippen LogP) is 1.94. The van der Waals surface area contributed by atoms with Crippen LogP contribution in [0.2, 0.25) is 0 Å². The monoisotopic (exact) mass is 286 g/mol. The van der Waals surface area contributed by atoms with Crippen LogP contribution >= 0.6 is 0 Å². The largest absolute Gasteiger partial charge is 0.330 e. The van der Waals surface area contributed by atoms with E-state index in [9.17, 15) is 4.79 Å². The van der Waals surface area contributed by atoms with Crippen LogP contribution in [-0.2, 0) is 6.54 Å². The van der Waals surface area contributed by atoms with Gasteiger partial charge < -0.3 is 9.80 Å². The molecule has 5 heteroatoms. The summed E-state index contributed by atoms with van der Waals surface area (Å²) < 4.78 is 2.01. The normalized spacial score (nSPS) is 14.5. The van der Waals surface area contributed by atoms with Gasteiger partial charge >= 0.3 is 0 Å². The Morgan fingerprint density at radius 2 is 2.05 bits per heavy atom. The number of imidazole rings is 1. The lowest BCUT2D eigenvalue weighted by atomic mass is 10.2. The summed E-state index contributed by atoms with van der Waals surface area (Å²) in [5.74, 6) is 0.109. The fourth-order valence-electron chi connectivity index (χ4n) is 3.02. The minimum Gasteiger partial charge on any atom is -0.330 e. The molecule has 21 heavy (non-hydrogen) atoms. The maximum absolute atomic E-state index is 12.7. The van der Waals surface area contributed by atoms with E-state index in [2.05, 4.69) is 23.7 Å². The summed E-state index contributed by atoms with van der Waals surface area (Å²) >= 11 is 0. The molecule has 0 radical (unpaired) electrons. The quantitative estimate of drug-likeness (QED) is 0.843. The van der Waals surface area contributed by atoms with E-state index < -0.39 is 0 Å². The summed E-state index contributed by atoms with van der Waals surface area (Å²) in [6, 6.07) is 5.76. The first kappa shape index (κ1) is 14.1. The third-order valence-corrected chi connectivity index (χ3v) is 4.37. The lowest BCUT2D eigenvalue weighted by molar-refractivity contribution is 0.0694. The van der Waals surface area contributed by atoms with Crippen molar-refractivity contribution in [2.24, 2.45) is 0 Å². The number of hydrogen-bond donors (Lipinski definition) is 0. The van der Waals surface area contributed by atoms with Crippen molar-refractivity contribution in [3.63, 3.8) is 0 Å². The predicted molar refractivity (Wildman–Crippen MR) is 82.5 cm³/mol. The summed E-state index contributed by atoms with van der Waals surface area (Å²) in [5.41, 5.74) is 3.76. The molecule has 1 aliphatic rings. The highest BCUT2D eigenvalue weighted by atomic mass is 16.2. The average molecular weight is 286 g/mol. The van der Waals surface area contributed by atoms with E-state index in [0.29, 0.717) is 6.54 Å². The Bertz CT molecular complexity index is 672. The Morgan fingerprint density at radius 3 is 2.76 bits per heavy atom. The zero-order valence-electron chi connectivity index (χ0n) is 13.0. The lowest BCUT2D eigenvalue weighted by Gasteiger charge is -2.30. The van der Waals surface area contributed by atoms with Gasteiger partial charge in [-0.15, -0.1) is 0 Å². The number of hydrogen-bond acceptors (Lipinski definition) is 3. The highest BCUT2D eigenvalue weighted by Crippen LogP contribution is 2.23. The second-order valence-electron chi connectivity index (χ2n) is 5.50. The van der Waals surface area contributed by atoms with Gasteiger partial charge in [0.15, 0.2) is 0 Å². The number of amides is 1. The van der Waals surface area contributed by atoms with Crippen molar-refractivity contribution in [2.75, 3.05) is 26.2 Å². The molecule has 3 heterocycles. The third kappa shape index (κ3) is 2.31. The van der Waals surface area contributed by atoms with Crippen LogP contribution in [0.15, 0.2) is 18.2 Å². The number of aromatic nitrogens is 2. The van der Waals surface area contributed by atoms with Gasteiger partial charge in [-0.2, -0.15) is 0 Å². The van der Waals surface area contributed by atoms with Gasteiger partial charge in [0.05, 0.1) is 17.9 Å². The molecule has 0 unspecified atom stereocenters. The van der Waals surface area contributed by atoms with Gasteiger partial charge in [0, 0.05) is 13.1 Å². The summed E-state index contributed by atoms with van der Waals surface area (Å²) in [5, 5.41) is 0. The fraction of sp³-hybridized carbons (Fsp3) is 0.500. The van der Waals surface area contributed by atoms with Gasteiger partial charge in [-0.3, -0.25) is 9.20 Å². The Labute approximate surface area is 125 Å². The Balaban J connectivity index is 1.88. The molecule has 0 fully saturated rings. The van der Waals surface area contributed by atoms with Crippen LogP contribution in [0.1, 0.15) is 35.7 Å². The van der Waals surface area contributed by atoms with E-state index in [4.69, 9.17) is 0 Å². The van der Waals surface area contributed by atoms with Crippen molar-refractivity contribution >= 4 is 11.6 Å². The second-order valence-corrected chi connectivity index (χ2v) is 5.50. The zero-order chi connectivity index (χ0) is 15.0. The smallest absolute Gasteiger partial charge is 0.271 e. The number of carbonyl (C=O) groups excluding carboxylic acids is 1. The first-order valence-electron chi connectivity index (χ1n) is 7.64. The summed E-state index contributed by atoms with van der Waals surface area (Å²) in [4.78, 5) is 21.5. The van der Waals surface area contributed by atoms with Crippen LogP contribution < -0.4 is 0 Å². The van der Waals surface area contributed by atoms with E-state index in [1.54, 1.807) is 0 Å². The van der Waals surface area contributed by atoms with Crippen LogP contribution in [0.25, 0.3) is 5.65 Å². The Morgan fingerprint density at radius 1 is 1.29 bits per heavy atom. The number of nitrogens with zero attached hydrogens (tertiary/aromatic N) is 4. The number of likely N-dealkylation sites (N-methyl/N-ethyl adjacent to an activating group) is 1. The molecule has 1 aliphatic heterocycles. The molecule has 1 amide bonds. The average Bonchev–Trinajstić information content (AvgIpc) is 2.81. The van der Waals surface area contributed by atoms with E-state index in [0.717, 1.165) is 48.9 Å². The van der Waals surface area contributed by atoms with Crippen molar-refractivity contribution in [3.05, 3.63) is 35.3 Å². The van der Waals surface area contributed by atoms with E-state index in [-0.39, 0.29) is 5.91 Å². The number of aryl methyl sites for hydroxylation is 1. The molecule has 0 aromatic carbocycles. The minimum atomic E-state index is 0.109. The topological polar surface area (TPSA) is 40.9 Å². The third-order valence-electron chi connectivity index (χ3n) is 4.37. The van der Waals surface area contributed by atoms with Gasteiger partial charge in [-0.05, 0) is 32.1 Å². The van der Waals surface area contributed by atoms with Crippen molar-refractivity contribution in [1.29, 1.82) is 0 Å². The van der Waals surface area contributed by atoms with Gasteiger partial charge in [0.25, 0.3) is 5.91 Å². The van der Waals surface area contributed by atoms with Gasteiger partial charge in [-0.25, -0.2) is 4.98 Å². The first-order chi connectivity index (χ1) is 10.2. The molecule has 0 saturated heterocycles. The molecule has 0 spiro atoms. The van der Waals surface area contributed by atoms with E-state index in [1.165, 1.54) is 0 Å². The maximum atomic E-state index is 12.7. The number of pyridine rings is 1. The minimum absolute atomic E-state index is 0.109. The van der Waals surface area contributed by atoms with Crippen molar-refractivity contribution in [2.45, 2.75) is 27.3 Å². The van der Waals surface area contributed by atoms with E-state index in [1.807, 2.05) is 34.4 Å². The molecule has 0 saturated carbocycles. The van der Waals surface area contributed by atoms with Crippen molar-refractivity contribution in [1.82, 2.24) is 19.2 Å². The lowest BCUT2D eigenvalue weighted by Crippen LogP contribution is -2.41. The highest BCUT2D eigenvalue weighted by molar-refractivity contribution is 5.94. The van der Waals surface area contributed by atoms with Gasteiger partial charge in [-0.1, -0.05) is 19.9 Å². The molecule has 0 N–H and O–H groups in total. The SMILES string of the molecule is CCN(CC)CCN1Cc2c(C)nc3cccc(n23)C1=O. The first-order valence-corrected chi connectivity index (χ1v) is 7.64. The molecule has 0 aliphatic carbocycles. The van der Waals surface area contributed by atoms with Crippen LogP contribution in [0.5, 0.6) is 0 Å². The maximum Gasteiger partial charge on any atom is 0.271 e. The standard InChI is InChI=1S/C16H22N4O/c1-4-18(5-2)9-10-19-11-14-12(3)17-15-8-6-7-13(16(19)21)20(14)15/h6-8H,4-5,9-11H2,1-3H3. The van der Waals surface area contributed by atoms with Gasteiger partial charge in [0.2, 0.25) is 0 Å². The van der Waals surface area contributed by atoms with Crippen LogP contribution in [0.3, 0.4) is 0 Å². The number of carbonyl (C=O) groups is 1. The molecule has 2 aromatic heterocycles. The van der Waals surface area contributed by atoms with Crippen LogP contribution in [0, 0.1) is 6.92 Å². The second kappa shape index (κ2) is 5.48. The fourth-order valence-corrected chi connectivity index (χ4v) is 3.02. The summed E-state index contributed by atoms with van der Waals surface area (Å²) in [6.45, 7) is 10.7. The molecule has 5 nitrogen and oxygen atoms in total. The molecule has 112 valence electrons. The van der Waals surface area contributed by atoms with Crippen LogP contribution in [-0.4, -0.2) is 51.3 Å². The molecular weight excluding hydrogens is 264 g/mol. The summed E-state index contributed by atoms with van der Waals surface area (Å²) in [6.07, 6.45) is 0. The molecular formula is C16H22N4O. The van der Waals surface area contributed by atoms with Crippen molar-refractivity contribution in [3.8, 4) is 0 Å². The van der Waals surface area contributed by atoms with E-state index >= 15 is 0 Å². The van der Waals surface area contributed by atoms with Crippen molar-refractivity contribution < 1.29 is 4.79 Å². The molecule has 0 atom stereocenters. The molecule has 0 bridgehead atoms. The molecule has 3 rings (SSSR count). The Kier molecular flexibility index (Phi) is 3.68. The molecule has 2 aromatic rings. The number of rotatable bonds is 5. The highest BCUT2D eigenvalue weighted by Gasteiger charge is 2.27. The summed E-state index contributed by atoms with van der Waals surface area (Å²) in [7, 11) is 0. The zero-order valence-corrected chi connectivity index (χ0v) is 13.0. The Hall–Kier alpha value is -1.88. The van der Waals surface area contributed by atoms with Gasteiger partial charge in [0.1, 0.15) is 11.3 Å². The van der Waals surface area contributed by atoms with Crippen LogP contribution in [0.4, 0.5) is 0 Å².